The standard InChI is InChI=1S/C13H18ClFN2O2/c1-9(2)5-3-4-6-16-12-7-10(14)11(15)8-13(12)17(18)19/h7-9,16H,3-6H2,1-2H3. The zero-order chi connectivity index (χ0) is 14.4. The lowest BCUT2D eigenvalue weighted by atomic mass is 10.1. The van der Waals surface area contributed by atoms with E-state index in [2.05, 4.69) is 19.2 Å². The molecule has 0 bridgehead atoms. The van der Waals surface area contributed by atoms with Crippen LogP contribution in [-0.4, -0.2) is 11.5 Å². The maximum Gasteiger partial charge on any atom is 0.295 e. The van der Waals surface area contributed by atoms with E-state index >= 15 is 0 Å². The first-order valence-electron chi connectivity index (χ1n) is 6.29. The van der Waals surface area contributed by atoms with Crippen molar-refractivity contribution >= 4 is 23.0 Å². The number of nitro groups is 1. The topological polar surface area (TPSA) is 55.2 Å². The molecule has 19 heavy (non-hydrogen) atoms. The van der Waals surface area contributed by atoms with Crippen LogP contribution in [0.3, 0.4) is 0 Å². The van der Waals surface area contributed by atoms with E-state index < -0.39 is 10.7 Å². The minimum atomic E-state index is -0.779. The molecule has 0 aromatic heterocycles. The number of rotatable bonds is 7. The van der Waals surface area contributed by atoms with Crippen molar-refractivity contribution in [3.63, 3.8) is 0 Å². The van der Waals surface area contributed by atoms with Gasteiger partial charge in [0.25, 0.3) is 5.69 Å². The van der Waals surface area contributed by atoms with Gasteiger partial charge in [-0.15, -0.1) is 0 Å². The molecule has 0 atom stereocenters. The highest BCUT2D eigenvalue weighted by atomic mass is 35.5. The first kappa shape index (κ1) is 15.7. The zero-order valence-corrected chi connectivity index (χ0v) is 11.8. The first-order chi connectivity index (χ1) is 8.91. The summed E-state index contributed by atoms with van der Waals surface area (Å²) in [5, 5.41) is 13.6. The molecule has 1 aromatic carbocycles. The smallest absolute Gasteiger partial charge is 0.295 e. The van der Waals surface area contributed by atoms with Gasteiger partial charge in [-0.1, -0.05) is 38.3 Å². The van der Waals surface area contributed by atoms with Gasteiger partial charge in [0.15, 0.2) is 0 Å². The Kier molecular flexibility index (Phi) is 6.02. The molecule has 6 heteroatoms. The molecule has 0 unspecified atom stereocenters. The number of nitro benzene ring substituents is 1. The molecule has 0 saturated carbocycles. The van der Waals surface area contributed by atoms with Gasteiger partial charge in [-0.05, 0) is 18.4 Å². The van der Waals surface area contributed by atoms with Crippen molar-refractivity contribution in [1.82, 2.24) is 0 Å². The average Bonchev–Trinajstić information content (AvgIpc) is 2.32. The highest BCUT2D eigenvalue weighted by Crippen LogP contribution is 2.30. The van der Waals surface area contributed by atoms with E-state index in [9.17, 15) is 14.5 Å². The molecule has 0 heterocycles. The van der Waals surface area contributed by atoms with Crippen molar-refractivity contribution in [2.75, 3.05) is 11.9 Å². The third-order valence-corrected chi connectivity index (χ3v) is 3.05. The van der Waals surface area contributed by atoms with Crippen LogP contribution >= 0.6 is 11.6 Å². The van der Waals surface area contributed by atoms with E-state index in [1.807, 2.05) is 0 Å². The number of unbranched alkanes of at least 4 members (excludes halogenated alkanes) is 1. The normalized spacial score (nSPS) is 10.8. The van der Waals surface area contributed by atoms with Crippen LogP contribution in [0.5, 0.6) is 0 Å². The summed E-state index contributed by atoms with van der Waals surface area (Å²) in [7, 11) is 0. The number of nitrogens with one attached hydrogen (secondary N) is 1. The summed E-state index contributed by atoms with van der Waals surface area (Å²) in [5.41, 5.74) is -0.0216. The second kappa shape index (κ2) is 7.28. The van der Waals surface area contributed by atoms with Gasteiger partial charge in [0.05, 0.1) is 16.0 Å². The molecular weight excluding hydrogens is 271 g/mol. The SMILES string of the molecule is CC(C)CCCCNc1cc(Cl)c(F)cc1[N+](=O)[O-]. The van der Waals surface area contributed by atoms with Gasteiger partial charge >= 0.3 is 0 Å². The maximum absolute atomic E-state index is 13.2. The van der Waals surface area contributed by atoms with Crippen LogP contribution in [0.15, 0.2) is 12.1 Å². The van der Waals surface area contributed by atoms with Crippen LogP contribution in [0.4, 0.5) is 15.8 Å². The minimum absolute atomic E-state index is 0.115. The molecule has 1 N–H and O–H groups in total. The van der Waals surface area contributed by atoms with Crippen molar-refractivity contribution < 1.29 is 9.31 Å². The van der Waals surface area contributed by atoms with Gasteiger partial charge in [0.1, 0.15) is 11.5 Å². The quantitative estimate of drug-likeness (QED) is 0.452. The molecule has 1 rings (SSSR count). The van der Waals surface area contributed by atoms with Gasteiger partial charge in [-0.25, -0.2) is 4.39 Å². The van der Waals surface area contributed by atoms with E-state index in [1.165, 1.54) is 6.07 Å². The molecule has 0 amide bonds. The van der Waals surface area contributed by atoms with E-state index in [4.69, 9.17) is 11.6 Å². The number of hydrogen-bond acceptors (Lipinski definition) is 3. The van der Waals surface area contributed by atoms with Crippen LogP contribution in [0, 0.1) is 21.8 Å². The lowest BCUT2D eigenvalue weighted by Crippen LogP contribution is -2.05. The zero-order valence-electron chi connectivity index (χ0n) is 11.1. The van der Waals surface area contributed by atoms with E-state index in [0.717, 1.165) is 25.3 Å². The molecule has 0 aliphatic carbocycles. The Morgan fingerprint density at radius 1 is 1.42 bits per heavy atom. The minimum Gasteiger partial charge on any atom is -0.379 e. The maximum atomic E-state index is 13.2. The second-order valence-electron chi connectivity index (χ2n) is 4.86. The Bertz CT molecular complexity index is 453. The van der Waals surface area contributed by atoms with Crippen molar-refractivity contribution in [2.45, 2.75) is 33.1 Å². The lowest BCUT2D eigenvalue weighted by Gasteiger charge is -2.09. The summed E-state index contributed by atoms with van der Waals surface area (Å²) in [6.45, 7) is 4.91. The summed E-state index contributed by atoms with van der Waals surface area (Å²) in [6.07, 6.45) is 3.08. The fraction of sp³-hybridized carbons (Fsp3) is 0.538. The van der Waals surface area contributed by atoms with Crippen LogP contribution in [0.1, 0.15) is 33.1 Å². The number of hydrogen-bond donors (Lipinski definition) is 1. The Labute approximate surface area is 117 Å². The monoisotopic (exact) mass is 288 g/mol. The number of anilines is 1. The van der Waals surface area contributed by atoms with E-state index in [0.29, 0.717) is 12.5 Å². The molecule has 0 aliphatic rings. The summed E-state index contributed by atoms with van der Waals surface area (Å²) in [4.78, 5) is 10.2. The third kappa shape index (κ3) is 5.03. The molecule has 1 aromatic rings. The number of benzene rings is 1. The third-order valence-electron chi connectivity index (χ3n) is 2.76. The van der Waals surface area contributed by atoms with Crippen LogP contribution < -0.4 is 5.32 Å². The van der Waals surface area contributed by atoms with E-state index in [1.54, 1.807) is 0 Å². The van der Waals surface area contributed by atoms with Crippen LogP contribution in [-0.2, 0) is 0 Å². The number of halogens is 2. The van der Waals surface area contributed by atoms with Crippen molar-refractivity contribution in [3.8, 4) is 0 Å². The van der Waals surface area contributed by atoms with E-state index in [-0.39, 0.29) is 16.4 Å². The fourth-order valence-electron chi connectivity index (χ4n) is 1.73. The highest BCUT2D eigenvalue weighted by Gasteiger charge is 2.17. The summed E-state index contributed by atoms with van der Waals surface area (Å²) in [6, 6.07) is 2.11. The molecule has 0 radical (unpaired) electrons. The van der Waals surface area contributed by atoms with Crippen molar-refractivity contribution in [3.05, 3.63) is 33.1 Å². The molecule has 0 aliphatic heterocycles. The fourth-order valence-corrected chi connectivity index (χ4v) is 1.89. The Hall–Kier alpha value is -1.36. The van der Waals surface area contributed by atoms with Gasteiger partial charge in [-0.2, -0.15) is 0 Å². The second-order valence-corrected chi connectivity index (χ2v) is 5.26. The van der Waals surface area contributed by atoms with Crippen LogP contribution in [0.2, 0.25) is 5.02 Å². The van der Waals surface area contributed by atoms with Gasteiger partial charge < -0.3 is 5.32 Å². The average molecular weight is 289 g/mol. The first-order valence-corrected chi connectivity index (χ1v) is 6.67. The Morgan fingerprint density at radius 3 is 2.68 bits per heavy atom. The van der Waals surface area contributed by atoms with Gasteiger partial charge in [0, 0.05) is 6.54 Å². The summed E-state index contributed by atoms with van der Waals surface area (Å²) >= 11 is 5.63. The Balaban J connectivity index is 2.62. The Morgan fingerprint density at radius 2 is 2.11 bits per heavy atom. The molecular formula is C13H18ClFN2O2. The van der Waals surface area contributed by atoms with Gasteiger partial charge in [0.2, 0.25) is 0 Å². The molecule has 0 fully saturated rings. The molecule has 0 saturated heterocycles. The molecule has 0 spiro atoms. The largest absolute Gasteiger partial charge is 0.379 e. The van der Waals surface area contributed by atoms with Gasteiger partial charge in [-0.3, -0.25) is 10.1 Å². The number of nitrogens with zero attached hydrogens (tertiary/aromatic N) is 1. The molecule has 106 valence electrons. The van der Waals surface area contributed by atoms with Crippen molar-refractivity contribution in [2.24, 2.45) is 5.92 Å². The predicted octanol–water partition coefficient (Wildman–Crippen LogP) is 4.63. The molecule has 4 nitrogen and oxygen atoms in total. The van der Waals surface area contributed by atoms with Crippen molar-refractivity contribution in [1.29, 1.82) is 0 Å². The van der Waals surface area contributed by atoms with Crippen LogP contribution in [0.25, 0.3) is 0 Å². The lowest BCUT2D eigenvalue weighted by molar-refractivity contribution is -0.384. The summed E-state index contributed by atoms with van der Waals surface area (Å²) < 4.78 is 13.2. The highest BCUT2D eigenvalue weighted by molar-refractivity contribution is 6.31. The predicted molar refractivity (Wildman–Crippen MR) is 75.2 cm³/mol. The summed E-state index contributed by atoms with van der Waals surface area (Å²) in [5.74, 6) is -0.131.